The zero-order valence-corrected chi connectivity index (χ0v) is 7.33. The summed E-state index contributed by atoms with van der Waals surface area (Å²) in [7, 11) is 0. The van der Waals surface area contributed by atoms with Gasteiger partial charge >= 0.3 is 0 Å². The molecule has 0 amide bonds. The molecular formula is C10H16O2. The van der Waals surface area contributed by atoms with Crippen LogP contribution in [-0.4, -0.2) is 17.3 Å². The van der Waals surface area contributed by atoms with Gasteiger partial charge in [-0.15, -0.1) is 0 Å². The van der Waals surface area contributed by atoms with Crippen LogP contribution >= 0.6 is 0 Å². The molecule has 2 nitrogen and oxygen atoms in total. The minimum absolute atomic E-state index is 0.138. The molecule has 0 aliphatic heterocycles. The van der Waals surface area contributed by atoms with Crippen molar-refractivity contribution in [2.45, 2.75) is 37.9 Å². The van der Waals surface area contributed by atoms with Crippen LogP contribution in [0.4, 0.5) is 0 Å². The van der Waals surface area contributed by atoms with Gasteiger partial charge in [-0.3, -0.25) is 0 Å². The van der Waals surface area contributed by atoms with E-state index >= 15 is 0 Å². The van der Waals surface area contributed by atoms with Crippen molar-refractivity contribution in [3.8, 4) is 0 Å². The normalized spacial score (nSPS) is 29.4. The maximum Gasteiger partial charge on any atom is 0.111 e. The maximum absolute atomic E-state index is 9.33. The van der Waals surface area contributed by atoms with Gasteiger partial charge in [-0.1, -0.05) is 13.2 Å². The van der Waals surface area contributed by atoms with E-state index in [-0.39, 0.29) is 12.2 Å². The van der Waals surface area contributed by atoms with Crippen molar-refractivity contribution >= 4 is 0 Å². The van der Waals surface area contributed by atoms with Gasteiger partial charge in [-0.05, 0) is 25.3 Å². The zero-order valence-electron chi connectivity index (χ0n) is 7.33. The molecule has 2 heteroatoms. The number of ether oxygens (including phenoxy) is 1. The van der Waals surface area contributed by atoms with Gasteiger partial charge in [0.15, 0.2) is 0 Å². The molecule has 1 aliphatic rings. The highest BCUT2D eigenvalue weighted by molar-refractivity contribution is 5.02. The Morgan fingerprint density at radius 1 is 1.50 bits per heavy atom. The van der Waals surface area contributed by atoms with Crippen LogP contribution in [0.25, 0.3) is 0 Å². The fraction of sp³-hybridized carbons (Fsp3) is 0.600. The smallest absolute Gasteiger partial charge is 0.111 e. The number of aliphatic hydroxyl groups is 1. The third-order valence-electron chi connectivity index (χ3n) is 2.14. The van der Waals surface area contributed by atoms with Gasteiger partial charge in [-0.25, -0.2) is 0 Å². The number of hydrogen-bond donors (Lipinski definition) is 1. The fourth-order valence-corrected chi connectivity index (χ4v) is 1.49. The molecule has 0 bridgehead atoms. The highest BCUT2D eigenvalue weighted by Crippen LogP contribution is 2.22. The molecule has 0 spiro atoms. The molecule has 12 heavy (non-hydrogen) atoms. The van der Waals surface area contributed by atoms with Crippen molar-refractivity contribution in [3.63, 3.8) is 0 Å². The Balaban J connectivity index is 2.31. The van der Waals surface area contributed by atoms with Gasteiger partial charge in [0.25, 0.3) is 0 Å². The lowest BCUT2D eigenvalue weighted by Gasteiger charge is -2.26. The van der Waals surface area contributed by atoms with Crippen molar-refractivity contribution < 1.29 is 9.84 Å². The summed E-state index contributed by atoms with van der Waals surface area (Å²) >= 11 is 0. The Labute approximate surface area is 73.5 Å². The molecule has 0 radical (unpaired) electrons. The predicted octanol–water partition coefficient (Wildman–Crippen LogP) is 2.01. The molecule has 2 atom stereocenters. The Morgan fingerprint density at radius 2 is 2.25 bits per heavy atom. The van der Waals surface area contributed by atoms with Crippen molar-refractivity contribution in [1.82, 2.24) is 0 Å². The minimum atomic E-state index is -0.193. The van der Waals surface area contributed by atoms with Crippen LogP contribution in [0.15, 0.2) is 25.0 Å². The number of hydrogen-bond acceptors (Lipinski definition) is 2. The summed E-state index contributed by atoms with van der Waals surface area (Å²) in [6.07, 6.45) is 5.23. The topological polar surface area (TPSA) is 29.5 Å². The van der Waals surface area contributed by atoms with Crippen LogP contribution in [0.1, 0.15) is 25.7 Å². The molecule has 1 fully saturated rings. The second-order valence-corrected chi connectivity index (χ2v) is 3.23. The summed E-state index contributed by atoms with van der Waals surface area (Å²) in [5.41, 5.74) is 0. The second-order valence-electron chi connectivity index (χ2n) is 3.23. The summed E-state index contributed by atoms with van der Waals surface area (Å²) < 4.78 is 5.44. The number of rotatable bonds is 3. The van der Waals surface area contributed by atoms with E-state index in [0.717, 1.165) is 25.7 Å². The average Bonchev–Trinajstić information content (AvgIpc) is 2.04. The lowest BCUT2D eigenvalue weighted by atomic mass is 9.95. The van der Waals surface area contributed by atoms with Gasteiger partial charge in [0.2, 0.25) is 0 Å². The molecule has 1 aliphatic carbocycles. The van der Waals surface area contributed by atoms with Gasteiger partial charge in [0.1, 0.15) is 11.9 Å². The zero-order chi connectivity index (χ0) is 8.97. The lowest BCUT2D eigenvalue weighted by Crippen LogP contribution is -2.25. The van der Waals surface area contributed by atoms with Crippen molar-refractivity contribution in [3.05, 3.63) is 25.0 Å². The third-order valence-corrected chi connectivity index (χ3v) is 2.14. The van der Waals surface area contributed by atoms with Crippen molar-refractivity contribution in [1.29, 1.82) is 0 Å². The van der Waals surface area contributed by atoms with E-state index in [9.17, 15) is 5.11 Å². The fourth-order valence-electron chi connectivity index (χ4n) is 1.49. The average molecular weight is 168 g/mol. The quantitative estimate of drug-likeness (QED) is 0.516. The van der Waals surface area contributed by atoms with E-state index in [1.54, 1.807) is 6.08 Å². The lowest BCUT2D eigenvalue weighted by molar-refractivity contribution is 0.0230. The highest BCUT2D eigenvalue weighted by Gasteiger charge is 2.20. The van der Waals surface area contributed by atoms with Crippen LogP contribution < -0.4 is 0 Å². The molecule has 68 valence electrons. The molecule has 0 aromatic rings. The summed E-state index contributed by atoms with van der Waals surface area (Å²) in [6, 6.07) is 0. The standard InChI is InChI=1S/C10H16O2/c1-3-8(2)12-10-6-4-5-9(11)7-10/h3,9-11H,1-2,4-7H2. The maximum atomic E-state index is 9.33. The van der Waals surface area contributed by atoms with Crippen molar-refractivity contribution in [2.75, 3.05) is 0 Å². The first kappa shape index (κ1) is 9.33. The number of allylic oxidation sites excluding steroid dienone is 1. The molecular weight excluding hydrogens is 152 g/mol. The van der Waals surface area contributed by atoms with Gasteiger partial charge in [0.05, 0.1) is 6.10 Å². The Morgan fingerprint density at radius 3 is 2.83 bits per heavy atom. The molecule has 1 saturated carbocycles. The highest BCUT2D eigenvalue weighted by atomic mass is 16.5. The summed E-state index contributed by atoms with van der Waals surface area (Å²) in [6.45, 7) is 7.23. The molecule has 0 heterocycles. The van der Waals surface area contributed by atoms with Crippen molar-refractivity contribution in [2.24, 2.45) is 0 Å². The predicted molar refractivity (Wildman–Crippen MR) is 48.7 cm³/mol. The molecule has 1 N–H and O–H groups in total. The van der Waals surface area contributed by atoms with E-state index in [0.29, 0.717) is 5.76 Å². The monoisotopic (exact) mass is 168 g/mol. The summed E-state index contributed by atoms with van der Waals surface area (Å²) in [5, 5.41) is 9.33. The van der Waals surface area contributed by atoms with Gasteiger partial charge in [0, 0.05) is 6.42 Å². The van der Waals surface area contributed by atoms with E-state index in [4.69, 9.17) is 4.74 Å². The minimum Gasteiger partial charge on any atom is -0.491 e. The summed E-state index contributed by atoms with van der Waals surface area (Å²) in [5.74, 6) is 0.606. The van der Waals surface area contributed by atoms with E-state index in [1.165, 1.54) is 0 Å². The van der Waals surface area contributed by atoms with E-state index < -0.39 is 0 Å². The molecule has 2 unspecified atom stereocenters. The first-order valence-electron chi connectivity index (χ1n) is 4.38. The second kappa shape index (κ2) is 4.31. The van der Waals surface area contributed by atoms with E-state index in [1.807, 2.05) is 0 Å². The number of aliphatic hydroxyl groups excluding tert-OH is 1. The SMILES string of the molecule is C=CC(=C)OC1CCCC(O)C1. The summed E-state index contributed by atoms with van der Waals surface area (Å²) in [4.78, 5) is 0. The van der Waals surface area contributed by atoms with Crippen LogP contribution in [0.2, 0.25) is 0 Å². The largest absolute Gasteiger partial charge is 0.491 e. The first-order chi connectivity index (χ1) is 5.72. The molecule has 1 rings (SSSR count). The first-order valence-corrected chi connectivity index (χ1v) is 4.38. The van der Waals surface area contributed by atoms with E-state index in [2.05, 4.69) is 13.2 Å². The Bertz CT molecular complexity index is 175. The molecule has 0 saturated heterocycles. The van der Waals surface area contributed by atoms with Crippen LogP contribution in [0, 0.1) is 0 Å². The Hall–Kier alpha value is -0.760. The third kappa shape index (κ3) is 2.70. The Kier molecular flexibility index (Phi) is 3.35. The van der Waals surface area contributed by atoms with Crippen LogP contribution in [0.5, 0.6) is 0 Å². The van der Waals surface area contributed by atoms with Crippen LogP contribution in [0.3, 0.4) is 0 Å². The van der Waals surface area contributed by atoms with Gasteiger partial charge in [-0.2, -0.15) is 0 Å². The molecule has 0 aromatic carbocycles. The van der Waals surface area contributed by atoms with Gasteiger partial charge < -0.3 is 9.84 Å². The van der Waals surface area contributed by atoms with Crippen LogP contribution in [-0.2, 0) is 4.74 Å². The molecule has 0 aromatic heterocycles.